The highest BCUT2D eigenvalue weighted by atomic mass is 19.4. The van der Waals surface area contributed by atoms with Crippen molar-refractivity contribution in [2.24, 2.45) is 7.05 Å². The van der Waals surface area contributed by atoms with Crippen LogP contribution in [0, 0.1) is 0 Å². The summed E-state index contributed by atoms with van der Waals surface area (Å²) in [6, 6.07) is 8.38. The van der Waals surface area contributed by atoms with Crippen molar-refractivity contribution in [3.05, 3.63) is 58.4 Å². The molecule has 0 aliphatic carbocycles. The molecule has 1 aromatic heterocycles. The van der Waals surface area contributed by atoms with Gasteiger partial charge in [0.25, 0.3) is 0 Å². The molecule has 1 heterocycles. The van der Waals surface area contributed by atoms with E-state index in [9.17, 15) is 27.6 Å². The highest BCUT2D eigenvalue weighted by Crippen LogP contribution is 2.39. The van der Waals surface area contributed by atoms with Gasteiger partial charge < -0.3 is 18.8 Å². The van der Waals surface area contributed by atoms with Gasteiger partial charge in [0.1, 0.15) is 17.9 Å². The van der Waals surface area contributed by atoms with Crippen LogP contribution in [0.2, 0.25) is 0 Å². The average Bonchev–Trinajstić information content (AvgIpc) is 3.00. The zero-order valence-corrected chi connectivity index (χ0v) is 17.2. The van der Waals surface area contributed by atoms with Gasteiger partial charge in [0.2, 0.25) is 0 Å². The summed E-state index contributed by atoms with van der Waals surface area (Å²) in [5.41, 5.74) is -3.10. The van der Waals surface area contributed by atoms with Crippen molar-refractivity contribution in [1.29, 1.82) is 0 Å². The number of carbonyl (C=O) groups excluding carboxylic acids is 3. The quantitative estimate of drug-likeness (QED) is 0.459. The number of alkyl halides is 3. The predicted octanol–water partition coefficient (Wildman–Crippen LogP) is 3.68. The van der Waals surface area contributed by atoms with Gasteiger partial charge in [0, 0.05) is 12.7 Å². The number of carbonyl (C=O) groups is 3. The molecule has 0 fully saturated rings. The fourth-order valence-corrected chi connectivity index (χ4v) is 3.02. The summed E-state index contributed by atoms with van der Waals surface area (Å²) < 4.78 is 57.4. The fraction of sp³-hybridized carbons (Fsp3) is 0.381. The van der Waals surface area contributed by atoms with E-state index in [2.05, 4.69) is 0 Å². The average molecular weight is 441 g/mol. The van der Waals surface area contributed by atoms with Crippen molar-refractivity contribution in [3.63, 3.8) is 0 Å². The zero-order valence-electron chi connectivity index (χ0n) is 17.2. The predicted molar refractivity (Wildman–Crippen MR) is 102 cm³/mol. The first-order valence-electron chi connectivity index (χ1n) is 9.44. The highest BCUT2D eigenvalue weighted by molar-refractivity contribution is 6.00. The van der Waals surface area contributed by atoms with E-state index in [4.69, 9.17) is 14.2 Å². The molecule has 7 nitrogen and oxygen atoms in total. The van der Waals surface area contributed by atoms with Crippen LogP contribution in [0.15, 0.2) is 30.3 Å². The molecule has 0 radical (unpaired) electrons. The first-order valence-corrected chi connectivity index (χ1v) is 9.44. The van der Waals surface area contributed by atoms with Crippen LogP contribution in [0.25, 0.3) is 0 Å². The van der Waals surface area contributed by atoms with E-state index in [0.717, 1.165) is 11.6 Å². The van der Waals surface area contributed by atoms with E-state index in [-0.39, 0.29) is 25.5 Å². The maximum Gasteiger partial charge on any atom is 0.419 e. The maximum atomic E-state index is 14.0. The van der Waals surface area contributed by atoms with Crippen molar-refractivity contribution < 1.29 is 41.8 Å². The first kappa shape index (κ1) is 24.0. The smallest absolute Gasteiger partial charge is 0.419 e. The van der Waals surface area contributed by atoms with Gasteiger partial charge in [0.15, 0.2) is 0 Å². The van der Waals surface area contributed by atoms with Crippen molar-refractivity contribution in [2.75, 3.05) is 13.2 Å². The number of ether oxygens (including phenoxy) is 3. The monoisotopic (exact) mass is 441 g/mol. The number of hydrogen-bond donors (Lipinski definition) is 0. The Balaban J connectivity index is 2.58. The molecule has 10 heteroatoms. The second kappa shape index (κ2) is 10.1. The van der Waals surface area contributed by atoms with Gasteiger partial charge in [-0.3, -0.25) is 4.79 Å². The van der Waals surface area contributed by atoms with E-state index in [1.54, 1.807) is 30.3 Å². The van der Waals surface area contributed by atoms with Gasteiger partial charge in [-0.1, -0.05) is 30.3 Å². The Morgan fingerprint density at radius 3 is 2.10 bits per heavy atom. The van der Waals surface area contributed by atoms with Crippen molar-refractivity contribution in [3.8, 4) is 0 Å². The van der Waals surface area contributed by atoms with E-state index < -0.39 is 47.3 Å². The Labute approximate surface area is 176 Å². The van der Waals surface area contributed by atoms with Crippen molar-refractivity contribution in [1.82, 2.24) is 4.57 Å². The summed E-state index contributed by atoms with van der Waals surface area (Å²) in [4.78, 5) is 37.0. The standard InChI is InChI=1S/C21H22F3NO6/c1-4-29-15(26)11-14-16(19(27)30-5-2)17(21(22,23)24)18(25(14)3)20(28)31-12-13-9-7-6-8-10-13/h6-10H,4-5,11-12H2,1-3H3. The van der Waals surface area contributed by atoms with Crippen LogP contribution in [0.5, 0.6) is 0 Å². The topological polar surface area (TPSA) is 83.8 Å². The van der Waals surface area contributed by atoms with Gasteiger partial charge in [0.05, 0.1) is 25.2 Å². The van der Waals surface area contributed by atoms with Crippen LogP contribution in [0.1, 0.15) is 51.5 Å². The Kier molecular flexibility index (Phi) is 7.84. The molecule has 0 unspecified atom stereocenters. The van der Waals surface area contributed by atoms with Gasteiger partial charge in [-0.05, 0) is 19.4 Å². The normalized spacial score (nSPS) is 11.2. The molecule has 0 atom stereocenters. The highest BCUT2D eigenvalue weighted by Gasteiger charge is 2.45. The van der Waals surface area contributed by atoms with Crippen LogP contribution >= 0.6 is 0 Å². The number of aromatic nitrogens is 1. The van der Waals surface area contributed by atoms with Gasteiger partial charge in [-0.25, -0.2) is 9.59 Å². The van der Waals surface area contributed by atoms with Gasteiger partial charge in [-0.15, -0.1) is 0 Å². The number of halogens is 3. The van der Waals surface area contributed by atoms with Gasteiger partial charge in [-0.2, -0.15) is 13.2 Å². The van der Waals surface area contributed by atoms with Crippen LogP contribution in [0.4, 0.5) is 13.2 Å². The van der Waals surface area contributed by atoms with Crippen LogP contribution < -0.4 is 0 Å². The molecular weight excluding hydrogens is 419 g/mol. The summed E-state index contributed by atoms with van der Waals surface area (Å²) in [5.74, 6) is -3.45. The lowest BCUT2D eigenvalue weighted by Crippen LogP contribution is -2.19. The van der Waals surface area contributed by atoms with E-state index in [1.165, 1.54) is 13.8 Å². The molecule has 0 N–H and O–H groups in total. The molecule has 2 rings (SSSR count). The number of nitrogens with zero attached hydrogens (tertiary/aromatic N) is 1. The second-order valence-electron chi connectivity index (χ2n) is 6.37. The molecule has 0 spiro atoms. The fourth-order valence-electron chi connectivity index (χ4n) is 3.02. The summed E-state index contributed by atoms with van der Waals surface area (Å²) in [6.45, 7) is 2.48. The lowest BCUT2D eigenvalue weighted by molar-refractivity contribution is -0.142. The minimum atomic E-state index is -5.09. The number of rotatable bonds is 8. The van der Waals surface area contributed by atoms with Crippen LogP contribution in [-0.2, 0) is 45.3 Å². The second-order valence-corrected chi connectivity index (χ2v) is 6.37. The summed E-state index contributed by atoms with van der Waals surface area (Å²) in [6.07, 6.45) is -5.75. The van der Waals surface area contributed by atoms with E-state index in [1.807, 2.05) is 0 Å². The molecule has 0 aliphatic rings. The first-order chi connectivity index (χ1) is 14.6. The Morgan fingerprint density at radius 1 is 0.935 bits per heavy atom. The molecule has 168 valence electrons. The summed E-state index contributed by atoms with van der Waals surface area (Å²) >= 11 is 0. The van der Waals surface area contributed by atoms with E-state index >= 15 is 0 Å². The number of hydrogen-bond acceptors (Lipinski definition) is 6. The van der Waals surface area contributed by atoms with E-state index in [0.29, 0.717) is 5.56 Å². The SMILES string of the molecule is CCOC(=O)Cc1c(C(=O)OCC)c(C(F)(F)F)c(C(=O)OCc2ccccc2)n1C. The molecule has 2 aromatic rings. The molecule has 0 bridgehead atoms. The number of benzene rings is 1. The molecule has 0 amide bonds. The van der Waals surface area contributed by atoms with Crippen LogP contribution in [0.3, 0.4) is 0 Å². The number of esters is 3. The lowest BCUT2D eigenvalue weighted by atomic mass is 10.1. The maximum absolute atomic E-state index is 14.0. The zero-order chi connectivity index (χ0) is 23.2. The molecular formula is C21H22F3NO6. The molecule has 31 heavy (non-hydrogen) atoms. The molecule has 1 aromatic carbocycles. The third kappa shape index (κ3) is 5.65. The molecule has 0 saturated heterocycles. The van der Waals surface area contributed by atoms with Crippen LogP contribution in [-0.4, -0.2) is 35.7 Å². The molecule has 0 aliphatic heterocycles. The largest absolute Gasteiger partial charge is 0.466 e. The minimum absolute atomic E-state index is 0.00387. The Morgan fingerprint density at radius 2 is 1.55 bits per heavy atom. The summed E-state index contributed by atoms with van der Waals surface area (Å²) in [7, 11) is 1.14. The Hall–Kier alpha value is -3.30. The summed E-state index contributed by atoms with van der Waals surface area (Å²) in [5, 5.41) is 0. The third-order valence-corrected chi connectivity index (χ3v) is 4.30. The minimum Gasteiger partial charge on any atom is -0.466 e. The van der Waals surface area contributed by atoms with Crippen molar-refractivity contribution >= 4 is 17.9 Å². The third-order valence-electron chi connectivity index (χ3n) is 4.30. The lowest BCUT2D eigenvalue weighted by Gasteiger charge is -2.12. The Bertz CT molecular complexity index is 950. The van der Waals surface area contributed by atoms with Gasteiger partial charge >= 0.3 is 24.1 Å². The molecule has 0 saturated carbocycles. The van der Waals surface area contributed by atoms with Crippen molar-refractivity contribution in [2.45, 2.75) is 33.1 Å².